The smallest absolute Gasteiger partial charge is 0.358 e. The second-order valence-electron chi connectivity index (χ2n) is 5.04. The van der Waals surface area contributed by atoms with Gasteiger partial charge in [0, 0.05) is 5.92 Å². The third-order valence-electron chi connectivity index (χ3n) is 3.25. The molecule has 0 unspecified atom stereocenters. The number of rotatable bonds is 6. The number of carbonyl (C=O) groups is 1. The van der Waals surface area contributed by atoms with Gasteiger partial charge in [0.05, 0.1) is 23.2 Å². The second-order valence-corrected chi connectivity index (χ2v) is 7.72. The summed E-state index contributed by atoms with van der Waals surface area (Å²) in [5, 5.41) is 16.0. The zero-order chi connectivity index (χ0) is 14.2. The van der Waals surface area contributed by atoms with Crippen molar-refractivity contribution in [3.05, 3.63) is 11.4 Å². The van der Waals surface area contributed by atoms with Crippen LogP contribution in [0.5, 0.6) is 0 Å². The lowest BCUT2D eigenvalue weighted by atomic mass is 10.2. The van der Waals surface area contributed by atoms with Crippen LogP contribution in [-0.4, -0.2) is 45.5 Å². The van der Waals surface area contributed by atoms with Gasteiger partial charge in [-0.3, -0.25) is 0 Å². The summed E-state index contributed by atoms with van der Waals surface area (Å²) in [7, 11) is -3.17. The lowest BCUT2D eigenvalue weighted by molar-refractivity contribution is 0.0689. The van der Waals surface area contributed by atoms with Crippen LogP contribution in [0.1, 0.15) is 48.8 Å². The van der Waals surface area contributed by atoms with E-state index < -0.39 is 21.1 Å². The molecule has 1 aliphatic rings. The van der Waals surface area contributed by atoms with Crippen molar-refractivity contribution in [2.45, 2.75) is 44.4 Å². The van der Waals surface area contributed by atoms with Crippen LogP contribution in [0.3, 0.4) is 0 Å². The zero-order valence-electron chi connectivity index (χ0n) is 10.9. The minimum absolute atomic E-state index is 0.0488. The third kappa shape index (κ3) is 2.94. The molecule has 0 aromatic carbocycles. The van der Waals surface area contributed by atoms with Gasteiger partial charge in [-0.15, -0.1) is 5.10 Å². The maximum atomic E-state index is 11.8. The summed E-state index contributed by atoms with van der Waals surface area (Å²) >= 11 is 0. The molecule has 0 radical (unpaired) electrons. The first-order valence-corrected chi connectivity index (χ1v) is 7.92. The van der Waals surface area contributed by atoms with Gasteiger partial charge in [0.25, 0.3) is 0 Å². The Kier molecular flexibility index (Phi) is 3.62. The summed E-state index contributed by atoms with van der Waals surface area (Å²) in [5.41, 5.74) is 0.510. The molecule has 0 amide bonds. The molecule has 1 aromatic heterocycles. The number of aromatic carboxylic acids is 1. The predicted octanol–water partition coefficient (Wildman–Crippen LogP) is 0.677. The predicted molar refractivity (Wildman–Crippen MR) is 67.9 cm³/mol. The second kappa shape index (κ2) is 4.92. The van der Waals surface area contributed by atoms with E-state index >= 15 is 0 Å². The Labute approximate surface area is 111 Å². The van der Waals surface area contributed by atoms with Crippen LogP contribution in [0.25, 0.3) is 0 Å². The Morgan fingerprint density at radius 1 is 1.47 bits per heavy atom. The number of sulfone groups is 1. The average molecular weight is 287 g/mol. The van der Waals surface area contributed by atoms with Gasteiger partial charge in [-0.05, 0) is 26.7 Å². The van der Waals surface area contributed by atoms with Crippen LogP contribution in [0, 0.1) is 0 Å². The molecule has 1 aliphatic carbocycles. The standard InChI is InChI=1S/C11H17N3O4S/c1-7(2)19(17,18)6-5-14-10(8-3-4-8)9(11(15)16)12-13-14/h7-8H,3-6H2,1-2H3,(H,15,16). The van der Waals surface area contributed by atoms with Crippen LogP contribution in [-0.2, 0) is 16.4 Å². The van der Waals surface area contributed by atoms with Crippen molar-refractivity contribution in [1.29, 1.82) is 0 Å². The first kappa shape index (κ1) is 14.0. The highest BCUT2D eigenvalue weighted by molar-refractivity contribution is 7.91. The quantitative estimate of drug-likeness (QED) is 0.825. The van der Waals surface area contributed by atoms with Crippen molar-refractivity contribution in [3.8, 4) is 0 Å². The molecule has 106 valence electrons. The van der Waals surface area contributed by atoms with Crippen LogP contribution in [0.4, 0.5) is 0 Å². The lowest BCUT2D eigenvalue weighted by Gasteiger charge is -2.09. The molecule has 0 bridgehead atoms. The number of hydrogen-bond acceptors (Lipinski definition) is 5. The van der Waals surface area contributed by atoms with Crippen molar-refractivity contribution < 1.29 is 18.3 Å². The van der Waals surface area contributed by atoms with E-state index in [-0.39, 0.29) is 23.9 Å². The molecule has 0 saturated heterocycles. The van der Waals surface area contributed by atoms with Crippen molar-refractivity contribution in [2.24, 2.45) is 0 Å². The van der Waals surface area contributed by atoms with Crippen molar-refractivity contribution in [2.75, 3.05) is 5.75 Å². The molecule has 1 saturated carbocycles. The summed E-state index contributed by atoms with van der Waals surface area (Å²) in [6.45, 7) is 3.41. The molecule has 8 heteroatoms. The van der Waals surface area contributed by atoms with E-state index in [0.29, 0.717) is 5.69 Å². The summed E-state index contributed by atoms with van der Waals surface area (Å²) in [6.07, 6.45) is 1.81. The fraction of sp³-hybridized carbons (Fsp3) is 0.727. The van der Waals surface area contributed by atoms with Gasteiger partial charge >= 0.3 is 5.97 Å². The highest BCUT2D eigenvalue weighted by atomic mass is 32.2. The van der Waals surface area contributed by atoms with Crippen LogP contribution in [0.15, 0.2) is 0 Å². The third-order valence-corrected chi connectivity index (χ3v) is 5.43. The summed E-state index contributed by atoms with van der Waals surface area (Å²) in [4.78, 5) is 11.0. The minimum Gasteiger partial charge on any atom is -0.476 e. The molecule has 1 heterocycles. The van der Waals surface area contributed by atoms with Gasteiger partial charge in [0.1, 0.15) is 0 Å². The first-order valence-electron chi connectivity index (χ1n) is 6.21. The number of nitrogens with zero attached hydrogens (tertiary/aromatic N) is 3. The number of aromatic nitrogens is 3. The Bertz CT molecular complexity index is 587. The number of aryl methyl sites for hydroxylation is 1. The van der Waals surface area contributed by atoms with E-state index in [4.69, 9.17) is 5.11 Å². The van der Waals surface area contributed by atoms with Gasteiger partial charge in [-0.1, -0.05) is 5.21 Å². The van der Waals surface area contributed by atoms with Crippen molar-refractivity contribution in [3.63, 3.8) is 0 Å². The molecular weight excluding hydrogens is 270 g/mol. The molecule has 1 aromatic rings. The summed E-state index contributed by atoms with van der Waals surface area (Å²) in [6, 6.07) is 0. The average Bonchev–Trinajstić information content (AvgIpc) is 3.06. The SMILES string of the molecule is CC(C)S(=O)(=O)CCn1nnc(C(=O)O)c1C1CC1. The molecule has 2 rings (SSSR count). The monoisotopic (exact) mass is 287 g/mol. The van der Waals surface area contributed by atoms with Crippen LogP contribution >= 0.6 is 0 Å². The van der Waals surface area contributed by atoms with E-state index in [2.05, 4.69) is 10.3 Å². The number of carboxylic acids is 1. The zero-order valence-corrected chi connectivity index (χ0v) is 11.7. The van der Waals surface area contributed by atoms with E-state index in [0.717, 1.165) is 12.8 Å². The summed E-state index contributed by atoms with van der Waals surface area (Å²) < 4.78 is 25.0. The molecule has 0 spiro atoms. The van der Waals surface area contributed by atoms with Gasteiger partial charge in [-0.25, -0.2) is 17.9 Å². The topological polar surface area (TPSA) is 102 Å². The molecule has 7 nitrogen and oxygen atoms in total. The highest BCUT2D eigenvalue weighted by Crippen LogP contribution is 2.41. The number of carboxylic acid groups (broad SMARTS) is 1. The van der Waals surface area contributed by atoms with Gasteiger partial charge in [-0.2, -0.15) is 0 Å². The lowest BCUT2D eigenvalue weighted by Crippen LogP contribution is -2.22. The van der Waals surface area contributed by atoms with E-state index in [1.807, 2.05) is 0 Å². The highest BCUT2D eigenvalue weighted by Gasteiger charge is 2.34. The van der Waals surface area contributed by atoms with Crippen molar-refractivity contribution in [1.82, 2.24) is 15.0 Å². The van der Waals surface area contributed by atoms with Gasteiger partial charge < -0.3 is 5.11 Å². The Morgan fingerprint density at radius 2 is 2.11 bits per heavy atom. The molecule has 1 fully saturated rings. The van der Waals surface area contributed by atoms with E-state index in [9.17, 15) is 13.2 Å². The first-order chi connectivity index (χ1) is 8.83. The fourth-order valence-corrected chi connectivity index (χ4v) is 2.75. The fourth-order valence-electron chi connectivity index (χ4n) is 1.85. The van der Waals surface area contributed by atoms with Gasteiger partial charge in [0.2, 0.25) is 0 Å². The Morgan fingerprint density at radius 3 is 2.58 bits per heavy atom. The molecule has 0 atom stereocenters. The maximum Gasteiger partial charge on any atom is 0.358 e. The Hall–Kier alpha value is -1.44. The number of hydrogen-bond donors (Lipinski definition) is 1. The largest absolute Gasteiger partial charge is 0.476 e. The summed E-state index contributed by atoms with van der Waals surface area (Å²) in [5.74, 6) is -1.00. The maximum absolute atomic E-state index is 11.8. The van der Waals surface area contributed by atoms with Crippen molar-refractivity contribution >= 4 is 15.8 Å². The minimum atomic E-state index is -3.17. The molecule has 0 aliphatic heterocycles. The van der Waals surface area contributed by atoms with Gasteiger partial charge in [0.15, 0.2) is 15.5 Å². The Balaban J connectivity index is 2.20. The van der Waals surface area contributed by atoms with Crippen LogP contribution in [0.2, 0.25) is 0 Å². The van der Waals surface area contributed by atoms with Crippen LogP contribution < -0.4 is 0 Å². The molecule has 1 N–H and O–H groups in total. The molecular formula is C11H17N3O4S. The van der Waals surface area contributed by atoms with E-state index in [1.54, 1.807) is 13.8 Å². The normalized spacial score (nSPS) is 15.9. The molecule has 19 heavy (non-hydrogen) atoms. The van der Waals surface area contributed by atoms with E-state index in [1.165, 1.54) is 4.68 Å².